The minimum absolute atomic E-state index is 0.846. The summed E-state index contributed by atoms with van der Waals surface area (Å²) in [5, 5.41) is 8.37. The molecule has 0 aliphatic carbocycles. The molecule has 0 fully saturated rings. The monoisotopic (exact) mass is 658 g/mol. The third-order valence-electron chi connectivity index (χ3n) is 8.27. The van der Waals surface area contributed by atoms with Crippen molar-refractivity contribution in [3.8, 4) is 22.6 Å². The average molecular weight is 658 g/mol. The van der Waals surface area contributed by atoms with Crippen LogP contribution in [-0.4, -0.2) is 7.25 Å². The smallest absolute Gasteiger partial charge is 0.452 e. The van der Waals surface area contributed by atoms with Crippen LogP contribution >= 0.6 is 7.26 Å². The number of hydrogen-bond donors (Lipinski definition) is 0. The Labute approximate surface area is 275 Å². The number of rotatable bonds is 6. The second kappa shape index (κ2) is 13.0. The van der Waals surface area contributed by atoms with Gasteiger partial charge in [0.25, 0.3) is 5.50 Å². The highest BCUT2D eigenvalue weighted by Gasteiger charge is 2.54. The van der Waals surface area contributed by atoms with E-state index in [1.54, 1.807) is 6.26 Å². The van der Waals surface area contributed by atoms with Crippen LogP contribution in [0.2, 0.25) is 0 Å². The van der Waals surface area contributed by atoms with Gasteiger partial charge < -0.3 is 26.1 Å². The van der Waals surface area contributed by atoms with Crippen LogP contribution < -0.4 is 21.4 Å². The first kappa shape index (κ1) is 31.2. The SMILES string of the molecule is F[B-](F)(F)F.c1ccc(-c2oc(-c3cc4ccccc4c4ccccc34)cc2[P+](c2ccccc2)(c2ccccc2)c2ccco2)cc1. The summed E-state index contributed by atoms with van der Waals surface area (Å²) < 4.78 is 52.5. The minimum atomic E-state index is -6.00. The van der Waals surface area contributed by atoms with Gasteiger partial charge in [-0.2, -0.15) is 0 Å². The summed E-state index contributed by atoms with van der Waals surface area (Å²) in [6, 6.07) is 57.9. The van der Waals surface area contributed by atoms with Gasteiger partial charge >= 0.3 is 7.25 Å². The quantitative estimate of drug-likeness (QED) is 0.0770. The molecule has 8 aromatic rings. The van der Waals surface area contributed by atoms with Gasteiger partial charge in [-0.05, 0) is 57.9 Å². The maximum Gasteiger partial charge on any atom is 0.673 e. The van der Waals surface area contributed by atoms with Gasteiger partial charge in [-0.3, -0.25) is 0 Å². The Balaban J connectivity index is 0.000000681. The van der Waals surface area contributed by atoms with Crippen LogP contribution in [0.15, 0.2) is 179 Å². The molecule has 0 radical (unpaired) electrons. The van der Waals surface area contributed by atoms with Gasteiger partial charge in [-0.25, -0.2) is 0 Å². The van der Waals surface area contributed by atoms with Gasteiger partial charge in [-0.1, -0.05) is 115 Å². The lowest BCUT2D eigenvalue weighted by atomic mass is 9.96. The van der Waals surface area contributed by atoms with Gasteiger partial charge in [0, 0.05) is 23.3 Å². The fourth-order valence-electron chi connectivity index (χ4n) is 6.38. The summed E-state index contributed by atoms with van der Waals surface area (Å²) in [7, 11) is -8.53. The van der Waals surface area contributed by atoms with E-state index in [-0.39, 0.29) is 0 Å². The number of furan rings is 2. The van der Waals surface area contributed by atoms with E-state index in [1.165, 1.54) is 32.2 Å². The van der Waals surface area contributed by atoms with Crippen molar-refractivity contribution in [2.45, 2.75) is 0 Å². The molecule has 0 bridgehead atoms. The molecule has 236 valence electrons. The second-order valence-electron chi connectivity index (χ2n) is 11.2. The lowest BCUT2D eigenvalue weighted by molar-refractivity contribution is 0.368. The van der Waals surface area contributed by atoms with Gasteiger partial charge in [-0.15, -0.1) is 0 Å². The van der Waals surface area contributed by atoms with Crippen molar-refractivity contribution in [1.29, 1.82) is 0 Å². The van der Waals surface area contributed by atoms with Crippen LogP contribution in [0.5, 0.6) is 0 Å². The van der Waals surface area contributed by atoms with Crippen LogP contribution in [0.3, 0.4) is 0 Å². The van der Waals surface area contributed by atoms with E-state index in [2.05, 4.69) is 152 Å². The summed E-state index contributed by atoms with van der Waals surface area (Å²) in [4.78, 5) is 0. The molecule has 6 aromatic carbocycles. The van der Waals surface area contributed by atoms with Gasteiger partial charge in [0.1, 0.15) is 16.4 Å². The molecule has 0 amide bonds. The van der Waals surface area contributed by atoms with E-state index in [0.717, 1.165) is 33.5 Å². The largest absolute Gasteiger partial charge is 0.673 e. The Morgan fingerprint density at radius 1 is 0.500 bits per heavy atom. The Bertz CT molecular complexity index is 2240. The molecule has 0 aliphatic heterocycles. The zero-order valence-electron chi connectivity index (χ0n) is 25.5. The molecule has 0 saturated carbocycles. The van der Waals surface area contributed by atoms with E-state index in [0.29, 0.717) is 0 Å². The molecule has 8 heteroatoms. The second-order valence-corrected chi connectivity index (χ2v) is 14.5. The standard InChI is InChI=1S/C40H28O2P.BF4/c1-4-15-29(16-5-1)40-38(28-37(42-40)36-27-30-17-10-11-22-33(30)34-23-12-13-24-35(34)36)43(39-25-14-26-41-39,31-18-6-2-7-19-31)32-20-8-3-9-21-32;2-1(3,4)5/h1-28H;/q+1;-1. The van der Waals surface area contributed by atoms with E-state index < -0.39 is 14.5 Å². The Morgan fingerprint density at radius 3 is 1.60 bits per heavy atom. The highest BCUT2D eigenvalue weighted by molar-refractivity contribution is 8.01. The van der Waals surface area contributed by atoms with Crippen molar-refractivity contribution in [2.24, 2.45) is 0 Å². The highest BCUT2D eigenvalue weighted by atomic mass is 31.2. The molecule has 8 rings (SSSR count). The molecule has 2 heterocycles. The minimum Gasteiger partial charge on any atom is -0.452 e. The molecule has 0 spiro atoms. The lowest BCUT2D eigenvalue weighted by Gasteiger charge is -2.24. The van der Waals surface area contributed by atoms with Gasteiger partial charge in [0.05, 0.1) is 6.26 Å². The predicted octanol–water partition coefficient (Wildman–Crippen LogP) is 10.4. The fraction of sp³-hybridized carbons (Fsp3) is 0. The van der Waals surface area contributed by atoms with Gasteiger partial charge in [0.15, 0.2) is 18.3 Å². The molecule has 2 aromatic heterocycles. The van der Waals surface area contributed by atoms with E-state index in [9.17, 15) is 17.3 Å². The van der Waals surface area contributed by atoms with E-state index >= 15 is 0 Å². The first-order valence-corrected chi connectivity index (χ1v) is 17.2. The van der Waals surface area contributed by atoms with Crippen molar-refractivity contribution in [1.82, 2.24) is 0 Å². The topological polar surface area (TPSA) is 26.3 Å². The first-order valence-electron chi connectivity index (χ1n) is 15.4. The molecular weight excluding hydrogens is 630 g/mol. The lowest BCUT2D eigenvalue weighted by Crippen LogP contribution is -2.38. The number of hydrogen-bond acceptors (Lipinski definition) is 2. The Hall–Kier alpha value is -5.39. The van der Waals surface area contributed by atoms with Crippen molar-refractivity contribution >= 4 is 57.5 Å². The van der Waals surface area contributed by atoms with E-state index in [4.69, 9.17) is 8.83 Å². The average Bonchev–Trinajstić information content (AvgIpc) is 3.81. The number of benzene rings is 6. The van der Waals surface area contributed by atoms with Crippen LogP contribution in [0.4, 0.5) is 17.3 Å². The first-order chi connectivity index (χ1) is 23.3. The zero-order valence-corrected chi connectivity index (χ0v) is 26.4. The van der Waals surface area contributed by atoms with E-state index in [1.807, 2.05) is 12.1 Å². The van der Waals surface area contributed by atoms with Crippen LogP contribution in [0, 0.1) is 0 Å². The van der Waals surface area contributed by atoms with Crippen LogP contribution in [0.25, 0.3) is 44.2 Å². The molecular formula is C40H28BF4O2P. The summed E-state index contributed by atoms with van der Waals surface area (Å²) in [5.74, 6) is 1.71. The zero-order chi connectivity index (χ0) is 33.1. The van der Waals surface area contributed by atoms with Crippen molar-refractivity contribution < 1.29 is 26.1 Å². The molecule has 0 atom stereocenters. The number of fused-ring (bicyclic) bond motifs is 3. The van der Waals surface area contributed by atoms with Crippen LogP contribution in [0.1, 0.15) is 0 Å². The third kappa shape index (κ3) is 5.94. The normalized spacial score (nSPS) is 11.8. The number of halogens is 4. The molecule has 0 aliphatic rings. The molecule has 48 heavy (non-hydrogen) atoms. The fourth-order valence-corrected chi connectivity index (χ4v) is 10.5. The summed E-state index contributed by atoms with van der Waals surface area (Å²) in [5.41, 5.74) is 3.06. The van der Waals surface area contributed by atoms with Gasteiger partial charge in [0.2, 0.25) is 0 Å². The molecule has 2 nitrogen and oxygen atoms in total. The van der Waals surface area contributed by atoms with Crippen molar-refractivity contribution in [3.05, 3.63) is 170 Å². The third-order valence-corrected chi connectivity index (χ3v) is 12.4. The van der Waals surface area contributed by atoms with Crippen molar-refractivity contribution in [2.75, 3.05) is 0 Å². The highest BCUT2D eigenvalue weighted by Crippen LogP contribution is 2.57. The predicted molar refractivity (Wildman–Crippen MR) is 192 cm³/mol. The van der Waals surface area contributed by atoms with Crippen LogP contribution in [-0.2, 0) is 0 Å². The molecule has 0 unspecified atom stereocenters. The summed E-state index contributed by atoms with van der Waals surface area (Å²) in [6.07, 6.45) is 1.79. The summed E-state index contributed by atoms with van der Waals surface area (Å²) in [6.45, 7) is 0. The van der Waals surface area contributed by atoms with Crippen molar-refractivity contribution in [3.63, 3.8) is 0 Å². The molecule has 0 N–H and O–H groups in total. The Morgan fingerprint density at radius 2 is 1.02 bits per heavy atom. The maximum atomic E-state index is 9.75. The maximum absolute atomic E-state index is 9.75. The summed E-state index contributed by atoms with van der Waals surface area (Å²) >= 11 is 0. The molecule has 0 saturated heterocycles. The Kier molecular flexibility index (Phi) is 8.47.